The zero-order chi connectivity index (χ0) is 18.7. The van der Waals surface area contributed by atoms with Gasteiger partial charge in [-0.05, 0) is 42.7 Å². The number of anilines is 1. The first-order valence-corrected chi connectivity index (χ1v) is 8.58. The number of hydrogen-bond acceptors (Lipinski definition) is 2. The summed E-state index contributed by atoms with van der Waals surface area (Å²) in [4.78, 5) is 28.3. The largest absolute Gasteiger partial charge is 0.336 e. The van der Waals surface area contributed by atoms with Crippen molar-refractivity contribution in [2.75, 3.05) is 18.9 Å². The smallest absolute Gasteiger partial charge is 0.322 e. The standard InChI is InChI=1S/C20H22FN3O2/c1-14-12-16(8-9-17(14)21)22-20(26)23(2)18-10-11-24(19(18)25)13-15-6-4-3-5-7-15/h3-9,12,18H,10-11,13H2,1-2H3,(H,22,26)/t18-/m0/s1. The Labute approximate surface area is 152 Å². The van der Waals surface area contributed by atoms with Gasteiger partial charge in [0.05, 0.1) is 0 Å². The van der Waals surface area contributed by atoms with Gasteiger partial charge in [-0.25, -0.2) is 9.18 Å². The van der Waals surface area contributed by atoms with Gasteiger partial charge in [0, 0.05) is 25.8 Å². The number of aryl methyl sites for hydroxylation is 1. The topological polar surface area (TPSA) is 52.7 Å². The van der Waals surface area contributed by atoms with Crippen LogP contribution in [0.5, 0.6) is 0 Å². The van der Waals surface area contributed by atoms with E-state index in [2.05, 4.69) is 5.32 Å². The molecule has 0 bridgehead atoms. The summed E-state index contributed by atoms with van der Waals surface area (Å²) in [5.41, 5.74) is 2.03. The van der Waals surface area contributed by atoms with Crippen LogP contribution in [-0.4, -0.2) is 41.4 Å². The van der Waals surface area contributed by atoms with Gasteiger partial charge in [0.25, 0.3) is 0 Å². The highest BCUT2D eigenvalue weighted by molar-refractivity contribution is 5.94. The van der Waals surface area contributed by atoms with Crippen LogP contribution < -0.4 is 5.32 Å². The maximum absolute atomic E-state index is 13.3. The highest BCUT2D eigenvalue weighted by Gasteiger charge is 2.36. The molecule has 2 aromatic carbocycles. The van der Waals surface area contributed by atoms with Crippen LogP contribution in [0.2, 0.25) is 0 Å². The monoisotopic (exact) mass is 355 g/mol. The maximum Gasteiger partial charge on any atom is 0.322 e. The van der Waals surface area contributed by atoms with Gasteiger partial charge < -0.3 is 15.1 Å². The number of likely N-dealkylation sites (tertiary alicyclic amines) is 1. The summed E-state index contributed by atoms with van der Waals surface area (Å²) >= 11 is 0. The van der Waals surface area contributed by atoms with Crippen LogP contribution in [0.1, 0.15) is 17.5 Å². The number of hydrogen-bond donors (Lipinski definition) is 1. The van der Waals surface area contributed by atoms with Crippen LogP contribution >= 0.6 is 0 Å². The fourth-order valence-electron chi connectivity index (χ4n) is 3.12. The van der Waals surface area contributed by atoms with Crippen LogP contribution in [0.15, 0.2) is 48.5 Å². The minimum absolute atomic E-state index is 0.0539. The molecule has 1 N–H and O–H groups in total. The Hall–Kier alpha value is -2.89. The Kier molecular flexibility index (Phi) is 5.21. The van der Waals surface area contributed by atoms with Crippen LogP contribution in [0, 0.1) is 12.7 Å². The van der Waals surface area contributed by atoms with E-state index >= 15 is 0 Å². The molecule has 1 saturated heterocycles. The lowest BCUT2D eigenvalue weighted by molar-refractivity contribution is -0.131. The third kappa shape index (κ3) is 3.85. The van der Waals surface area contributed by atoms with Gasteiger partial charge >= 0.3 is 6.03 Å². The number of likely N-dealkylation sites (N-methyl/N-ethyl adjacent to an activating group) is 1. The summed E-state index contributed by atoms with van der Waals surface area (Å²) < 4.78 is 13.3. The van der Waals surface area contributed by atoms with Gasteiger partial charge in [0.1, 0.15) is 11.9 Å². The molecule has 6 heteroatoms. The number of halogens is 1. The van der Waals surface area contributed by atoms with E-state index in [-0.39, 0.29) is 17.8 Å². The SMILES string of the molecule is Cc1cc(NC(=O)N(C)[C@H]2CCN(Cc3ccccc3)C2=O)ccc1F. The van der Waals surface area contributed by atoms with Crippen LogP contribution in [0.3, 0.4) is 0 Å². The number of urea groups is 1. The number of nitrogens with zero attached hydrogens (tertiary/aromatic N) is 2. The second-order valence-corrected chi connectivity index (χ2v) is 6.55. The van der Waals surface area contributed by atoms with E-state index in [4.69, 9.17) is 0 Å². The van der Waals surface area contributed by atoms with Crippen LogP contribution in [0.4, 0.5) is 14.9 Å². The van der Waals surface area contributed by atoms with E-state index in [1.165, 1.54) is 17.0 Å². The third-order valence-electron chi connectivity index (χ3n) is 4.68. The lowest BCUT2D eigenvalue weighted by Crippen LogP contribution is -2.44. The van der Waals surface area contributed by atoms with Gasteiger partial charge in [-0.2, -0.15) is 0 Å². The van der Waals surface area contributed by atoms with Gasteiger partial charge in [-0.3, -0.25) is 4.79 Å². The fourth-order valence-corrected chi connectivity index (χ4v) is 3.12. The Morgan fingerprint density at radius 1 is 1.27 bits per heavy atom. The van der Waals surface area contributed by atoms with Crippen LogP contribution in [-0.2, 0) is 11.3 Å². The van der Waals surface area contributed by atoms with Crippen molar-refractivity contribution >= 4 is 17.6 Å². The summed E-state index contributed by atoms with van der Waals surface area (Å²) in [6, 6.07) is 13.3. The van der Waals surface area contributed by atoms with Crippen molar-refractivity contribution in [3.05, 3.63) is 65.5 Å². The molecule has 0 saturated carbocycles. The summed E-state index contributed by atoms with van der Waals surface area (Å²) in [5.74, 6) is -0.374. The summed E-state index contributed by atoms with van der Waals surface area (Å²) in [5, 5.41) is 2.72. The van der Waals surface area contributed by atoms with Crippen molar-refractivity contribution in [2.45, 2.75) is 25.9 Å². The quantitative estimate of drug-likeness (QED) is 0.914. The second-order valence-electron chi connectivity index (χ2n) is 6.55. The van der Waals surface area contributed by atoms with E-state index in [0.29, 0.717) is 30.8 Å². The van der Waals surface area contributed by atoms with Crippen molar-refractivity contribution < 1.29 is 14.0 Å². The average Bonchev–Trinajstić information content (AvgIpc) is 2.99. The van der Waals surface area contributed by atoms with Gasteiger partial charge in [-0.15, -0.1) is 0 Å². The molecule has 2 aromatic rings. The van der Waals surface area contributed by atoms with E-state index in [0.717, 1.165) is 5.56 Å². The molecule has 1 atom stereocenters. The summed E-state index contributed by atoms with van der Waals surface area (Å²) in [7, 11) is 1.61. The molecule has 0 aromatic heterocycles. The van der Waals surface area contributed by atoms with E-state index in [1.807, 2.05) is 30.3 Å². The van der Waals surface area contributed by atoms with E-state index in [9.17, 15) is 14.0 Å². The van der Waals surface area contributed by atoms with E-state index in [1.54, 1.807) is 24.9 Å². The van der Waals surface area contributed by atoms with Crippen molar-refractivity contribution in [3.63, 3.8) is 0 Å². The lowest BCUT2D eigenvalue weighted by Gasteiger charge is -2.24. The molecule has 0 spiro atoms. The molecule has 0 aliphatic carbocycles. The Morgan fingerprint density at radius 3 is 2.69 bits per heavy atom. The van der Waals surface area contributed by atoms with Crippen LogP contribution in [0.25, 0.3) is 0 Å². The average molecular weight is 355 g/mol. The maximum atomic E-state index is 13.3. The minimum Gasteiger partial charge on any atom is -0.336 e. The molecule has 1 aliphatic rings. The number of nitrogens with one attached hydrogen (secondary N) is 1. The normalized spacial score (nSPS) is 16.7. The highest BCUT2D eigenvalue weighted by Crippen LogP contribution is 2.20. The van der Waals surface area contributed by atoms with Crippen molar-refractivity contribution in [2.24, 2.45) is 0 Å². The molecular formula is C20H22FN3O2. The predicted octanol–water partition coefficient (Wildman–Crippen LogP) is 3.40. The zero-order valence-corrected chi connectivity index (χ0v) is 14.9. The first-order valence-electron chi connectivity index (χ1n) is 8.58. The molecule has 1 heterocycles. The third-order valence-corrected chi connectivity index (χ3v) is 4.68. The van der Waals surface area contributed by atoms with Crippen molar-refractivity contribution in [1.82, 2.24) is 9.80 Å². The molecule has 3 rings (SSSR count). The molecule has 0 unspecified atom stereocenters. The number of carbonyl (C=O) groups excluding carboxylic acids is 2. The number of carbonyl (C=O) groups is 2. The molecular weight excluding hydrogens is 333 g/mol. The highest BCUT2D eigenvalue weighted by atomic mass is 19.1. The fraction of sp³-hybridized carbons (Fsp3) is 0.300. The molecule has 1 aliphatic heterocycles. The molecule has 5 nitrogen and oxygen atoms in total. The molecule has 1 fully saturated rings. The van der Waals surface area contributed by atoms with Gasteiger partial charge in [0.15, 0.2) is 0 Å². The Bertz CT molecular complexity index is 810. The van der Waals surface area contributed by atoms with Crippen molar-refractivity contribution in [3.8, 4) is 0 Å². The lowest BCUT2D eigenvalue weighted by atomic mass is 10.2. The van der Waals surface area contributed by atoms with Gasteiger partial charge in [-0.1, -0.05) is 30.3 Å². The molecule has 26 heavy (non-hydrogen) atoms. The van der Waals surface area contributed by atoms with E-state index < -0.39 is 6.04 Å². The minimum atomic E-state index is -0.486. The van der Waals surface area contributed by atoms with Crippen molar-refractivity contribution in [1.29, 1.82) is 0 Å². The second kappa shape index (κ2) is 7.56. The summed E-state index contributed by atoms with van der Waals surface area (Å²) in [6.07, 6.45) is 0.595. The number of amides is 3. The zero-order valence-electron chi connectivity index (χ0n) is 14.9. The summed E-state index contributed by atoms with van der Waals surface area (Å²) in [6.45, 7) is 2.80. The first-order chi connectivity index (χ1) is 12.5. The number of benzene rings is 2. The molecule has 3 amide bonds. The first kappa shape index (κ1) is 17.9. The van der Waals surface area contributed by atoms with Gasteiger partial charge in [0.2, 0.25) is 5.91 Å². The predicted molar refractivity (Wildman–Crippen MR) is 98.2 cm³/mol. The molecule has 136 valence electrons. The Morgan fingerprint density at radius 2 is 2.00 bits per heavy atom. The number of rotatable bonds is 4. The molecule has 0 radical (unpaired) electrons. The Balaban J connectivity index is 1.62.